The van der Waals surface area contributed by atoms with Crippen LogP contribution in [0.3, 0.4) is 0 Å². The average Bonchev–Trinajstić information content (AvgIpc) is 2.64. The number of ether oxygens (including phenoxy) is 1. The molecule has 0 unspecified atom stereocenters. The highest BCUT2D eigenvalue weighted by Gasteiger charge is 2.52. The van der Waals surface area contributed by atoms with Crippen LogP contribution in [0.25, 0.3) is 0 Å². The van der Waals surface area contributed by atoms with Crippen LogP contribution in [-0.4, -0.2) is 35.9 Å². The third kappa shape index (κ3) is 3.10. The molecule has 1 saturated heterocycles. The average molecular weight is 339 g/mol. The van der Waals surface area contributed by atoms with Gasteiger partial charge >= 0.3 is 5.97 Å². The molecule has 0 aromatic heterocycles. The maximum absolute atomic E-state index is 12.9. The van der Waals surface area contributed by atoms with Crippen molar-refractivity contribution in [2.75, 3.05) is 12.0 Å². The van der Waals surface area contributed by atoms with Gasteiger partial charge in [0.25, 0.3) is 0 Å². The first-order chi connectivity index (χ1) is 12.0. The molecule has 2 atom stereocenters. The van der Waals surface area contributed by atoms with Gasteiger partial charge in [-0.05, 0) is 24.3 Å². The molecule has 6 heteroatoms. The van der Waals surface area contributed by atoms with E-state index in [4.69, 9.17) is 9.84 Å². The van der Waals surface area contributed by atoms with E-state index in [-0.39, 0.29) is 18.1 Å². The van der Waals surface area contributed by atoms with E-state index < -0.39 is 17.9 Å². The van der Waals surface area contributed by atoms with E-state index in [2.05, 4.69) is 0 Å². The summed E-state index contributed by atoms with van der Waals surface area (Å²) in [7, 11) is 1.54. The third-order valence-electron chi connectivity index (χ3n) is 4.29. The molecule has 1 N–H and O–H groups in total. The Morgan fingerprint density at radius 3 is 2.28 bits per heavy atom. The summed E-state index contributed by atoms with van der Waals surface area (Å²) in [4.78, 5) is 37.8. The lowest BCUT2D eigenvalue weighted by molar-refractivity contribution is -0.143. The second kappa shape index (κ2) is 6.76. The quantitative estimate of drug-likeness (QED) is 0.645. The van der Waals surface area contributed by atoms with Crippen molar-refractivity contribution >= 4 is 23.3 Å². The maximum atomic E-state index is 12.9. The van der Waals surface area contributed by atoms with E-state index in [0.29, 0.717) is 17.0 Å². The lowest BCUT2D eigenvalue weighted by Gasteiger charge is -2.45. The van der Waals surface area contributed by atoms with Crippen molar-refractivity contribution in [3.05, 3.63) is 60.2 Å². The van der Waals surface area contributed by atoms with Crippen molar-refractivity contribution in [3.8, 4) is 5.75 Å². The molecule has 2 aromatic rings. The molecule has 25 heavy (non-hydrogen) atoms. The van der Waals surface area contributed by atoms with Crippen LogP contribution in [-0.2, 0) is 9.59 Å². The largest absolute Gasteiger partial charge is 0.497 e. The standard InChI is InChI=1S/C19H17NO5/c1-25-14-9-7-13(8-10-14)20-17(15(19(20)24)11-16(21)22)18(23)12-5-3-2-4-6-12/h2-10,15,17H,11H2,1H3,(H,21,22)/t15-,17-/m1/s1. The fourth-order valence-electron chi connectivity index (χ4n) is 3.04. The molecule has 128 valence electrons. The number of anilines is 1. The van der Waals surface area contributed by atoms with Crippen molar-refractivity contribution in [1.29, 1.82) is 0 Å². The van der Waals surface area contributed by atoms with Gasteiger partial charge in [-0.3, -0.25) is 14.4 Å². The number of nitrogens with zero attached hydrogens (tertiary/aromatic N) is 1. The second-order valence-electron chi connectivity index (χ2n) is 5.79. The highest BCUT2D eigenvalue weighted by atomic mass is 16.5. The van der Waals surface area contributed by atoms with E-state index in [1.165, 1.54) is 12.0 Å². The molecule has 0 saturated carbocycles. The Hall–Kier alpha value is -3.15. The Bertz CT molecular complexity index is 800. The summed E-state index contributed by atoms with van der Waals surface area (Å²) in [6, 6.07) is 14.5. The van der Waals surface area contributed by atoms with Crippen LogP contribution in [0.2, 0.25) is 0 Å². The van der Waals surface area contributed by atoms with Crippen LogP contribution in [0.4, 0.5) is 5.69 Å². The van der Waals surface area contributed by atoms with Crippen LogP contribution in [0.1, 0.15) is 16.8 Å². The van der Waals surface area contributed by atoms with Crippen LogP contribution in [0.5, 0.6) is 5.75 Å². The molecule has 0 bridgehead atoms. The molecule has 0 aliphatic carbocycles. The molecule has 1 amide bonds. The number of amides is 1. The number of rotatable bonds is 6. The van der Waals surface area contributed by atoms with Crippen molar-refractivity contribution < 1.29 is 24.2 Å². The van der Waals surface area contributed by atoms with Gasteiger partial charge in [0.15, 0.2) is 5.78 Å². The molecule has 0 spiro atoms. The minimum absolute atomic E-state index is 0.262. The SMILES string of the molecule is COc1ccc(N2C(=O)[C@H](CC(=O)O)[C@@H]2C(=O)c2ccccc2)cc1. The summed E-state index contributed by atoms with van der Waals surface area (Å²) in [5.41, 5.74) is 0.996. The van der Waals surface area contributed by atoms with Gasteiger partial charge < -0.3 is 14.7 Å². The first-order valence-corrected chi connectivity index (χ1v) is 7.81. The van der Waals surface area contributed by atoms with Gasteiger partial charge in [0, 0.05) is 11.3 Å². The lowest BCUT2D eigenvalue weighted by Crippen LogP contribution is -2.65. The number of hydrogen-bond acceptors (Lipinski definition) is 4. The molecule has 6 nitrogen and oxygen atoms in total. The van der Waals surface area contributed by atoms with Crippen molar-refractivity contribution in [2.45, 2.75) is 12.5 Å². The van der Waals surface area contributed by atoms with Crippen LogP contribution in [0, 0.1) is 5.92 Å². The molecule has 1 aliphatic heterocycles. The summed E-state index contributed by atoms with van der Waals surface area (Å²) in [5.74, 6) is -1.94. The Balaban J connectivity index is 1.93. The number of methoxy groups -OCH3 is 1. The highest BCUT2D eigenvalue weighted by molar-refractivity contribution is 6.17. The van der Waals surface area contributed by atoms with Crippen LogP contribution < -0.4 is 9.64 Å². The fourth-order valence-corrected chi connectivity index (χ4v) is 3.04. The molecular formula is C19H17NO5. The predicted molar refractivity (Wildman–Crippen MR) is 90.8 cm³/mol. The Labute approximate surface area is 144 Å². The van der Waals surface area contributed by atoms with Gasteiger partial charge in [0.1, 0.15) is 11.8 Å². The molecule has 3 rings (SSSR count). The van der Waals surface area contributed by atoms with Crippen molar-refractivity contribution in [3.63, 3.8) is 0 Å². The first kappa shape index (κ1) is 16.7. The third-order valence-corrected chi connectivity index (χ3v) is 4.29. The lowest BCUT2D eigenvalue weighted by atomic mass is 9.79. The number of aliphatic carboxylic acids is 1. The number of ketones is 1. The minimum atomic E-state index is -1.10. The van der Waals surface area contributed by atoms with Gasteiger partial charge in [-0.25, -0.2) is 0 Å². The van der Waals surface area contributed by atoms with Gasteiger partial charge in [-0.2, -0.15) is 0 Å². The Kier molecular flexibility index (Phi) is 4.52. The number of carbonyl (C=O) groups excluding carboxylic acids is 2. The van der Waals surface area contributed by atoms with Gasteiger partial charge in [0.05, 0.1) is 19.4 Å². The number of Topliss-reactive ketones (excluding diaryl/α,β-unsaturated/α-hetero) is 1. The number of carboxylic acid groups (broad SMARTS) is 1. The zero-order valence-corrected chi connectivity index (χ0v) is 13.6. The van der Waals surface area contributed by atoms with E-state index in [1.807, 2.05) is 0 Å². The van der Waals surface area contributed by atoms with Crippen molar-refractivity contribution in [1.82, 2.24) is 0 Å². The van der Waals surface area contributed by atoms with Gasteiger partial charge in [-0.15, -0.1) is 0 Å². The Morgan fingerprint density at radius 2 is 1.72 bits per heavy atom. The molecule has 1 fully saturated rings. The fraction of sp³-hybridized carbons (Fsp3) is 0.211. The van der Waals surface area contributed by atoms with Gasteiger partial charge in [0.2, 0.25) is 5.91 Å². The van der Waals surface area contributed by atoms with E-state index >= 15 is 0 Å². The van der Waals surface area contributed by atoms with E-state index in [9.17, 15) is 14.4 Å². The van der Waals surface area contributed by atoms with E-state index in [0.717, 1.165) is 0 Å². The molecular weight excluding hydrogens is 322 g/mol. The predicted octanol–water partition coefficient (Wildman–Crippen LogP) is 2.38. The van der Waals surface area contributed by atoms with Crippen LogP contribution >= 0.6 is 0 Å². The topological polar surface area (TPSA) is 83.9 Å². The summed E-state index contributed by atoms with van der Waals surface area (Å²) >= 11 is 0. The Morgan fingerprint density at radius 1 is 1.08 bits per heavy atom. The van der Waals surface area contributed by atoms with Crippen molar-refractivity contribution in [2.24, 2.45) is 5.92 Å². The number of carboxylic acids is 1. The maximum Gasteiger partial charge on any atom is 0.304 e. The van der Waals surface area contributed by atoms with E-state index in [1.54, 1.807) is 54.6 Å². The van der Waals surface area contributed by atoms with Crippen LogP contribution in [0.15, 0.2) is 54.6 Å². The molecule has 2 aromatic carbocycles. The monoisotopic (exact) mass is 339 g/mol. The number of benzene rings is 2. The minimum Gasteiger partial charge on any atom is -0.497 e. The highest BCUT2D eigenvalue weighted by Crippen LogP contribution is 2.37. The number of carbonyl (C=O) groups is 3. The molecule has 0 radical (unpaired) electrons. The first-order valence-electron chi connectivity index (χ1n) is 7.81. The summed E-state index contributed by atoms with van der Waals surface area (Å²) in [5, 5.41) is 9.06. The number of hydrogen-bond donors (Lipinski definition) is 1. The zero-order valence-electron chi connectivity index (χ0n) is 13.6. The summed E-state index contributed by atoms with van der Waals surface area (Å²) < 4.78 is 5.10. The van der Waals surface area contributed by atoms with Gasteiger partial charge in [-0.1, -0.05) is 30.3 Å². The second-order valence-corrected chi connectivity index (χ2v) is 5.79. The normalized spacial score (nSPS) is 19.2. The smallest absolute Gasteiger partial charge is 0.304 e. The summed E-state index contributed by atoms with van der Waals surface area (Å²) in [6.07, 6.45) is -0.366. The zero-order chi connectivity index (χ0) is 18.0. The number of β-lactam (4-membered cyclic amide) rings is 1. The molecule has 1 heterocycles. The summed E-state index contributed by atoms with van der Waals surface area (Å²) in [6.45, 7) is 0. The molecule has 1 aliphatic rings.